The molecule has 1 aromatic heterocycles. The molecule has 0 aliphatic carbocycles. The zero-order chi connectivity index (χ0) is 32.1. The predicted octanol–water partition coefficient (Wildman–Crippen LogP) is 7.51. The number of aromatic nitrogens is 2. The number of hydrogen-bond donors (Lipinski definition) is 0. The molecule has 0 saturated carbocycles. The Hall–Kier alpha value is -5.18. The first-order valence-electron chi connectivity index (χ1n) is 14.7. The molecule has 0 aliphatic rings. The molecule has 0 fully saturated rings. The fraction of sp³-hybridized carbons (Fsp3) is 0.250. The van der Waals surface area contributed by atoms with E-state index >= 15 is 0 Å². The largest absolute Gasteiger partial charge is 0.494 e. The fourth-order valence-electron chi connectivity index (χ4n) is 5.10. The molecule has 5 aromatic rings. The standard InChI is InChI=1S/C36H36FN3O5/c1-7-44-31-15-23(4)29(19-28(31)22(2)3)35-39-30-14-9-8-13-27(30)36(41)40(35)38-20-25-17-32(42-5)34(33(18-25)43-6)45-21-24-11-10-12-26(37)16-24/h8-20,22H,7,21H2,1-6H3. The van der Waals surface area contributed by atoms with Gasteiger partial charge in [-0.1, -0.05) is 38.1 Å². The highest BCUT2D eigenvalue weighted by atomic mass is 19.1. The zero-order valence-corrected chi connectivity index (χ0v) is 26.3. The van der Waals surface area contributed by atoms with E-state index in [0.29, 0.717) is 51.7 Å². The van der Waals surface area contributed by atoms with Crippen LogP contribution in [0.2, 0.25) is 0 Å². The van der Waals surface area contributed by atoms with Gasteiger partial charge in [0.1, 0.15) is 18.2 Å². The normalized spacial score (nSPS) is 11.4. The predicted molar refractivity (Wildman–Crippen MR) is 175 cm³/mol. The topological polar surface area (TPSA) is 84.2 Å². The molecule has 0 saturated heterocycles. The van der Waals surface area contributed by atoms with Crippen LogP contribution in [-0.4, -0.2) is 36.7 Å². The lowest BCUT2D eigenvalue weighted by Crippen LogP contribution is -2.21. The Morgan fingerprint density at radius 3 is 2.33 bits per heavy atom. The van der Waals surface area contributed by atoms with E-state index in [2.05, 4.69) is 18.9 Å². The third-order valence-corrected chi connectivity index (χ3v) is 7.35. The number of nitrogens with zero attached hydrogens (tertiary/aromatic N) is 3. The van der Waals surface area contributed by atoms with Gasteiger partial charge in [-0.15, -0.1) is 0 Å². The second kappa shape index (κ2) is 13.6. The Labute approximate surface area is 261 Å². The van der Waals surface area contributed by atoms with Gasteiger partial charge in [0.15, 0.2) is 17.3 Å². The molecule has 0 aliphatic heterocycles. The molecule has 232 valence electrons. The summed E-state index contributed by atoms with van der Waals surface area (Å²) in [4.78, 5) is 18.8. The molecular formula is C36H36FN3O5. The van der Waals surface area contributed by atoms with E-state index in [0.717, 1.165) is 22.4 Å². The van der Waals surface area contributed by atoms with Gasteiger partial charge in [0.05, 0.1) is 37.9 Å². The smallest absolute Gasteiger partial charge is 0.282 e. The van der Waals surface area contributed by atoms with Gasteiger partial charge in [0, 0.05) is 11.1 Å². The number of rotatable bonds is 11. The van der Waals surface area contributed by atoms with Crippen molar-refractivity contribution in [1.82, 2.24) is 9.66 Å². The van der Waals surface area contributed by atoms with Crippen LogP contribution in [0, 0.1) is 12.7 Å². The highest BCUT2D eigenvalue weighted by molar-refractivity contribution is 5.84. The van der Waals surface area contributed by atoms with Gasteiger partial charge in [-0.05, 0) is 85.0 Å². The van der Waals surface area contributed by atoms with E-state index in [1.807, 2.05) is 38.1 Å². The van der Waals surface area contributed by atoms with Gasteiger partial charge in [-0.3, -0.25) is 4.79 Å². The quantitative estimate of drug-likeness (QED) is 0.144. The minimum atomic E-state index is -0.347. The van der Waals surface area contributed by atoms with Gasteiger partial charge in [-0.2, -0.15) is 9.78 Å². The summed E-state index contributed by atoms with van der Waals surface area (Å²) in [6.45, 7) is 8.78. The van der Waals surface area contributed by atoms with Gasteiger partial charge in [-0.25, -0.2) is 9.37 Å². The van der Waals surface area contributed by atoms with E-state index in [4.69, 9.17) is 23.9 Å². The van der Waals surface area contributed by atoms with Gasteiger partial charge in [0.2, 0.25) is 5.75 Å². The minimum Gasteiger partial charge on any atom is -0.494 e. The summed E-state index contributed by atoms with van der Waals surface area (Å²) in [6.07, 6.45) is 1.55. The molecule has 9 heteroatoms. The second-order valence-corrected chi connectivity index (χ2v) is 10.8. The lowest BCUT2D eigenvalue weighted by Gasteiger charge is -2.18. The molecule has 4 aromatic carbocycles. The lowest BCUT2D eigenvalue weighted by molar-refractivity contribution is 0.265. The molecule has 5 rings (SSSR count). The molecule has 0 atom stereocenters. The molecule has 1 heterocycles. The van der Waals surface area contributed by atoms with Gasteiger partial charge in [0.25, 0.3) is 5.56 Å². The first kappa shape index (κ1) is 31.3. The van der Waals surface area contributed by atoms with Crippen LogP contribution in [0.1, 0.15) is 48.9 Å². The number of halogens is 1. The van der Waals surface area contributed by atoms with Crippen molar-refractivity contribution in [3.63, 3.8) is 0 Å². The third-order valence-electron chi connectivity index (χ3n) is 7.35. The van der Waals surface area contributed by atoms with Crippen LogP contribution in [0.3, 0.4) is 0 Å². The van der Waals surface area contributed by atoms with Crippen LogP contribution in [-0.2, 0) is 6.61 Å². The molecule has 0 amide bonds. The van der Waals surface area contributed by atoms with Crippen LogP contribution in [0.25, 0.3) is 22.3 Å². The zero-order valence-electron chi connectivity index (χ0n) is 26.3. The highest BCUT2D eigenvalue weighted by Crippen LogP contribution is 2.39. The number of benzene rings is 4. The molecule has 0 spiro atoms. The van der Waals surface area contributed by atoms with Crippen molar-refractivity contribution in [1.29, 1.82) is 0 Å². The first-order valence-corrected chi connectivity index (χ1v) is 14.7. The van der Waals surface area contributed by atoms with E-state index in [9.17, 15) is 9.18 Å². The number of aryl methyl sites for hydroxylation is 1. The van der Waals surface area contributed by atoms with Crippen molar-refractivity contribution in [2.24, 2.45) is 5.10 Å². The molecule has 0 radical (unpaired) electrons. The van der Waals surface area contributed by atoms with E-state index in [1.165, 1.54) is 31.0 Å². The molecule has 45 heavy (non-hydrogen) atoms. The van der Waals surface area contributed by atoms with Crippen LogP contribution >= 0.6 is 0 Å². The summed E-state index contributed by atoms with van der Waals surface area (Å²) in [7, 11) is 3.03. The minimum absolute atomic E-state index is 0.110. The monoisotopic (exact) mass is 609 g/mol. The molecule has 0 unspecified atom stereocenters. The summed E-state index contributed by atoms with van der Waals surface area (Å²) in [5.41, 5.74) is 4.21. The Bertz CT molecular complexity index is 1910. The van der Waals surface area contributed by atoms with Crippen LogP contribution in [0.4, 0.5) is 4.39 Å². The SMILES string of the molecule is CCOc1cc(C)c(-c2nc3ccccc3c(=O)n2N=Cc2cc(OC)c(OCc3cccc(F)c3)c(OC)c2)cc1C(C)C. The van der Waals surface area contributed by atoms with Crippen molar-refractivity contribution in [3.05, 3.63) is 111 Å². The lowest BCUT2D eigenvalue weighted by atomic mass is 9.96. The molecular weight excluding hydrogens is 573 g/mol. The van der Waals surface area contributed by atoms with E-state index < -0.39 is 0 Å². The average Bonchev–Trinajstić information content (AvgIpc) is 3.03. The van der Waals surface area contributed by atoms with Gasteiger partial charge < -0.3 is 18.9 Å². The fourth-order valence-corrected chi connectivity index (χ4v) is 5.10. The number of hydrogen-bond acceptors (Lipinski definition) is 7. The van der Waals surface area contributed by atoms with E-state index in [1.54, 1.807) is 42.6 Å². The van der Waals surface area contributed by atoms with E-state index in [-0.39, 0.29) is 23.9 Å². The number of ether oxygens (including phenoxy) is 4. The summed E-state index contributed by atoms with van der Waals surface area (Å²) < 4.78 is 38.2. The summed E-state index contributed by atoms with van der Waals surface area (Å²) >= 11 is 0. The van der Waals surface area contributed by atoms with Crippen LogP contribution in [0.15, 0.2) is 82.7 Å². The molecule has 0 N–H and O–H groups in total. The van der Waals surface area contributed by atoms with Crippen molar-refractivity contribution in [2.45, 2.75) is 40.2 Å². The summed E-state index contributed by atoms with van der Waals surface area (Å²) in [6, 6.07) is 20.9. The van der Waals surface area contributed by atoms with Crippen LogP contribution < -0.4 is 24.5 Å². The Balaban J connectivity index is 1.61. The third kappa shape index (κ3) is 6.67. The second-order valence-electron chi connectivity index (χ2n) is 10.8. The highest BCUT2D eigenvalue weighted by Gasteiger charge is 2.19. The number of para-hydroxylation sites is 1. The maximum atomic E-state index is 13.9. The van der Waals surface area contributed by atoms with Gasteiger partial charge >= 0.3 is 0 Å². The van der Waals surface area contributed by atoms with Crippen molar-refractivity contribution >= 4 is 17.1 Å². The average molecular weight is 610 g/mol. The first-order chi connectivity index (χ1) is 21.7. The Morgan fingerprint density at radius 1 is 0.933 bits per heavy atom. The van der Waals surface area contributed by atoms with Crippen molar-refractivity contribution in [2.75, 3.05) is 20.8 Å². The maximum Gasteiger partial charge on any atom is 0.282 e. The molecule has 0 bridgehead atoms. The van der Waals surface area contributed by atoms with Crippen LogP contribution in [0.5, 0.6) is 23.0 Å². The Morgan fingerprint density at radius 2 is 1.67 bits per heavy atom. The summed E-state index contributed by atoms with van der Waals surface area (Å²) in [5, 5.41) is 5.10. The number of methoxy groups -OCH3 is 2. The Kier molecular flexibility index (Phi) is 9.47. The molecule has 8 nitrogen and oxygen atoms in total. The number of fused-ring (bicyclic) bond motifs is 1. The van der Waals surface area contributed by atoms with Crippen molar-refractivity contribution in [3.8, 4) is 34.4 Å². The maximum absolute atomic E-state index is 13.9. The van der Waals surface area contributed by atoms with Crippen molar-refractivity contribution < 1.29 is 23.3 Å². The summed E-state index contributed by atoms with van der Waals surface area (Å²) in [5.74, 6) is 2.19.